The molecule has 0 saturated carbocycles. The number of aromatic nitrogens is 2. The molecule has 0 spiro atoms. The van der Waals surface area contributed by atoms with E-state index in [4.69, 9.17) is 27.9 Å². The predicted octanol–water partition coefficient (Wildman–Crippen LogP) is 3.81. The Balaban J connectivity index is 1.52. The molecule has 25 heavy (non-hydrogen) atoms. The van der Waals surface area contributed by atoms with E-state index >= 15 is 0 Å². The van der Waals surface area contributed by atoms with Crippen molar-refractivity contribution in [2.24, 2.45) is 0 Å². The number of hydrogen-bond donors (Lipinski definition) is 1. The fraction of sp³-hybridized carbons (Fsp3) is 0.222. The number of carbonyl (C=O) groups is 1. The van der Waals surface area contributed by atoms with E-state index < -0.39 is 0 Å². The fourth-order valence-corrected chi connectivity index (χ4v) is 3.08. The molecule has 3 rings (SSSR count). The van der Waals surface area contributed by atoms with Crippen molar-refractivity contribution in [2.75, 3.05) is 6.61 Å². The van der Waals surface area contributed by atoms with E-state index in [1.54, 1.807) is 22.8 Å². The van der Waals surface area contributed by atoms with Crippen LogP contribution in [0.1, 0.15) is 12.0 Å². The Hall–Kier alpha value is -2.24. The molecule has 1 aromatic heterocycles. The highest BCUT2D eigenvalue weighted by atomic mass is 35.5. The van der Waals surface area contributed by atoms with Gasteiger partial charge in [-0.1, -0.05) is 41.4 Å². The Labute approximate surface area is 154 Å². The summed E-state index contributed by atoms with van der Waals surface area (Å²) in [6.45, 7) is 0.702. The van der Waals surface area contributed by atoms with Gasteiger partial charge in [0.25, 0.3) is 0 Å². The molecule has 1 heterocycles. The SMILES string of the molecule is O=C(Cc1ccc(Cl)cc1Cl)OCCCn1c(=O)[nH]c2ccccc21. The number of benzene rings is 2. The van der Waals surface area contributed by atoms with Crippen LogP contribution in [0, 0.1) is 0 Å². The minimum Gasteiger partial charge on any atom is -0.465 e. The number of nitrogens with one attached hydrogen (secondary N) is 1. The van der Waals surface area contributed by atoms with Crippen LogP contribution in [0.25, 0.3) is 11.0 Å². The number of ether oxygens (including phenoxy) is 1. The monoisotopic (exact) mass is 378 g/mol. The van der Waals surface area contributed by atoms with Gasteiger partial charge in [0, 0.05) is 16.6 Å². The van der Waals surface area contributed by atoms with Gasteiger partial charge in [0.15, 0.2) is 0 Å². The fourth-order valence-electron chi connectivity index (χ4n) is 2.61. The molecule has 0 aliphatic heterocycles. The summed E-state index contributed by atoms with van der Waals surface area (Å²) >= 11 is 11.9. The van der Waals surface area contributed by atoms with Gasteiger partial charge >= 0.3 is 11.7 Å². The molecule has 3 aromatic rings. The molecule has 0 amide bonds. The summed E-state index contributed by atoms with van der Waals surface area (Å²) in [5, 5.41) is 0.959. The summed E-state index contributed by atoms with van der Waals surface area (Å²) in [6, 6.07) is 12.4. The van der Waals surface area contributed by atoms with Gasteiger partial charge in [0.05, 0.1) is 24.1 Å². The number of nitrogens with zero attached hydrogens (tertiary/aromatic N) is 1. The number of aromatic amines is 1. The molecule has 0 radical (unpaired) electrons. The average Bonchev–Trinajstić information content (AvgIpc) is 2.90. The Kier molecular flexibility index (Phi) is 5.46. The van der Waals surface area contributed by atoms with E-state index in [2.05, 4.69) is 4.98 Å². The van der Waals surface area contributed by atoms with Crippen molar-refractivity contribution in [3.63, 3.8) is 0 Å². The molecule has 7 heteroatoms. The van der Waals surface area contributed by atoms with Crippen LogP contribution in [0.5, 0.6) is 0 Å². The number of hydrogen-bond acceptors (Lipinski definition) is 3. The van der Waals surface area contributed by atoms with Crippen molar-refractivity contribution in [1.82, 2.24) is 9.55 Å². The van der Waals surface area contributed by atoms with Crippen molar-refractivity contribution < 1.29 is 9.53 Å². The lowest BCUT2D eigenvalue weighted by atomic mass is 10.1. The number of H-pyrrole nitrogens is 1. The Morgan fingerprint density at radius 3 is 2.76 bits per heavy atom. The molecular formula is C18H16Cl2N2O3. The molecule has 0 aliphatic carbocycles. The van der Waals surface area contributed by atoms with Gasteiger partial charge in [-0.2, -0.15) is 0 Å². The first-order chi connectivity index (χ1) is 12.0. The highest BCUT2D eigenvalue weighted by Crippen LogP contribution is 2.21. The van der Waals surface area contributed by atoms with Gasteiger partial charge in [0.2, 0.25) is 0 Å². The molecule has 0 bridgehead atoms. The van der Waals surface area contributed by atoms with E-state index in [0.29, 0.717) is 28.6 Å². The van der Waals surface area contributed by atoms with Crippen molar-refractivity contribution in [3.8, 4) is 0 Å². The largest absolute Gasteiger partial charge is 0.465 e. The van der Waals surface area contributed by atoms with Crippen LogP contribution in [0.15, 0.2) is 47.3 Å². The second-order valence-electron chi connectivity index (χ2n) is 5.59. The predicted molar refractivity (Wildman–Crippen MR) is 98.3 cm³/mol. The number of aryl methyl sites for hydroxylation is 1. The summed E-state index contributed by atoms with van der Waals surface area (Å²) in [4.78, 5) is 26.6. The van der Waals surface area contributed by atoms with Crippen LogP contribution in [0.3, 0.4) is 0 Å². The number of fused-ring (bicyclic) bond motifs is 1. The van der Waals surface area contributed by atoms with E-state index in [1.165, 1.54) is 0 Å². The lowest BCUT2D eigenvalue weighted by Crippen LogP contribution is -2.18. The van der Waals surface area contributed by atoms with E-state index in [0.717, 1.165) is 11.0 Å². The zero-order chi connectivity index (χ0) is 17.8. The number of halogens is 2. The second-order valence-corrected chi connectivity index (χ2v) is 6.43. The highest BCUT2D eigenvalue weighted by Gasteiger charge is 2.10. The molecule has 2 aromatic carbocycles. The van der Waals surface area contributed by atoms with Crippen molar-refractivity contribution in [3.05, 3.63) is 68.6 Å². The van der Waals surface area contributed by atoms with E-state index in [9.17, 15) is 9.59 Å². The van der Waals surface area contributed by atoms with Crippen LogP contribution in [-0.2, 0) is 22.5 Å². The van der Waals surface area contributed by atoms with Crippen LogP contribution in [-0.4, -0.2) is 22.1 Å². The molecule has 0 saturated heterocycles. The molecule has 130 valence electrons. The normalized spacial score (nSPS) is 11.0. The standard InChI is InChI=1S/C18H16Cl2N2O3/c19-13-7-6-12(14(20)11-13)10-17(23)25-9-3-8-22-16-5-2-1-4-15(16)21-18(22)24/h1-2,4-7,11H,3,8-10H2,(H,21,24). The quantitative estimate of drug-likeness (QED) is 0.523. The number of rotatable bonds is 6. The summed E-state index contributed by atoms with van der Waals surface area (Å²) in [5.41, 5.74) is 2.14. The molecular weight excluding hydrogens is 363 g/mol. The molecule has 0 unspecified atom stereocenters. The third kappa shape index (κ3) is 4.24. The molecule has 5 nitrogen and oxygen atoms in total. The summed E-state index contributed by atoms with van der Waals surface area (Å²) in [5.74, 6) is -0.365. The summed E-state index contributed by atoms with van der Waals surface area (Å²) < 4.78 is 6.86. The van der Waals surface area contributed by atoms with Gasteiger partial charge in [-0.05, 0) is 36.2 Å². The summed E-state index contributed by atoms with van der Waals surface area (Å²) in [7, 11) is 0. The smallest absolute Gasteiger partial charge is 0.326 e. The lowest BCUT2D eigenvalue weighted by Gasteiger charge is -2.07. The van der Waals surface area contributed by atoms with Gasteiger partial charge in [-0.25, -0.2) is 4.79 Å². The Morgan fingerprint density at radius 2 is 1.96 bits per heavy atom. The van der Waals surface area contributed by atoms with Gasteiger partial charge in [-0.3, -0.25) is 9.36 Å². The van der Waals surface area contributed by atoms with Gasteiger partial charge < -0.3 is 9.72 Å². The first-order valence-electron chi connectivity index (χ1n) is 7.81. The van der Waals surface area contributed by atoms with Crippen molar-refractivity contribution in [2.45, 2.75) is 19.4 Å². The number of esters is 1. The molecule has 1 N–H and O–H groups in total. The van der Waals surface area contributed by atoms with Crippen LogP contribution < -0.4 is 5.69 Å². The second kappa shape index (κ2) is 7.76. The Bertz CT molecular complexity index is 962. The molecule has 0 aliphatic rings. The number of imidazole rings is 1. The number of carbonyl (C=O) groups excluding carboxylic acids is 1. The highest BCUT2D eigenvalue weighted by molar-refractivity contribution is 6.35. The third-order valence-electron chi connectivity index (χ3n) is 3.82. The maximum atomic E-state index is 11.9. The maximum Gasteiger partial charge on any atom is 0.326 e. The average molecular weight is 379 g/mol. The maximum absolute atomic E-state index is 11.9. The first-order valence-corrected chi connectivity index (χ1v) is 8.57. The third-order valence-corrected chi connectivity index (χ3v) is 4.41. The van der Waals surface area contributed by atoms with E-state index in [-0.39, 0.29) is 24.7 Å². The van der Waals surface area contributed by atoms with Gasteiger partial charge in [0.1, 0.15) is 0 Å². The first kappa shape index (κ1) is 17.6. The summed E-state index contributed by atoms with van der Waals surface area (Å²) in [6.07, 6.45) is 0.630. The van der Waals surface area contributed by atoms with Gasteiger partial charge in [-0.15, -0.1) is 0 Å². The van der Waals surface area contributed by atoms with Crippen LogP contribution >= 0.6 is 23.2 Å². The lowest BCUT2D eigenvalue weighted by molar-refractivity contribution is -0.142. The zero-order valence-corrected chi connectivity index (χ0v) is 14.8. The van der Waals surface area contributed by atoms with E-state index in [1.807, 2.05) is 24.3 Å². The Morgan fingerprint density at radius 1 is 1.16 bits per heavy atom. The van der Waals surface area contributed by atoms with Crippen molar-refractivity contribution >= 4 is 40.2 Å². The topological polar surface area (TPSA) is 64.1 Å². The van der Waals surface area contributed by atoms with Crippen LogP contribution in [0.2, 0.25) is 10.0 Å². The minimum atomic E-state index is -0.365. The molecule has 0 fully saturated rings. The van der Waals surface area contributed by atoms with Crippen molar-refractivity contribution in [1.29, 1.82) is 0 Å². The molecule has 0 atom stereocenters. The minimum absolute atomic E-state index is 0.0863. The number of para-hydroxylation sites is 2. The van der Waals surface area contributed by atoms with Crippen LogP contribution in [0.4, 0.5) is 0 Å². The zero-order valence-electron chi connectivity index (χ0n) is 13.3.